The number of allylic oxidation sites excluding steroid dienone is 2. The molecule has 8 aromatic carbocycles. The van der Waals surface area contributed by atoms with E-state index in [9.17, 15) is 0 Å². The molecule has 1 saturated carbocycles. The van der Waals surface area contributed by atoms with Gasteiger partial charge in [-0.3, -0.25) is 9.59 Å². The van der Waals surface area contributed by atoms with Crippen LogP contribution in [0.4, 0.5) is 0 Å². The van der Waals surface area contributed by atoms with Crippen LogP contribution in [-0.2, 0) is 33.7 Å². The zero-order valence-corrected chi connectivity index (χ0v) is 38.4. The smallest absolute Gasteiger partial charge is 0 e. The maximum Gasteiger partial charge on any atom is 0 e. The van der Waals surface area contributed by atoms with Crippen molar-refractivity contribution in [2.24, 2.45) is 0 Å². The van der Waals surface area contributed by atoms with Gasteiger partial charge in [-0.1, -0.05) is 195 Å². The van der Waals surface area contributed by atoms with Crippen molar-refractivity contribution >= 4 is 56.4 Å². The number of hydrogen-bond acceptors (Lipinski definition) is 4. The van der Waals surface area contributed by atoms with Crippen LogP contribution in [0, 0.1) is 6.65 Å². The second-order valence-electron chi connectivity index (χ2n) is 17.1. The molecule has 0 unspecified atom stereocenters. The molecule has 0 aromatic heterocycles. The Labute approximate surface area is 402 Å². The van der Waals surface area contributed by atoms with Crippen molar-refractivity contribution in [2.75, 3.05) is 0 Å². The quantitative estimate of drug-likeness (QED) is 0.0690. The third kappa shape index (κ3) is 8.60. The summed E-state index contributed by atoms with van der Waals surface area (Å²) >= 11 is 0. The summed E-state index contributed by atoms with van der Waals surface area (Å²) in [4.78, 5) is 30.1. The van der Waals surface area contributed by atoms with Gasteiger partial charge in [0.1, 0.15) is 0 Å². The van der Waals surface area contributed by atoms with Crippen LogP contribution in [-0.4, -0.2) is 23.7 Å². The van der Waals surface area contributed by atoms with Gasteiger partial charge in [0.25, 0.3) is 0 Å². The molecule has 0 amide bonds. The van der Waals surface area contributed by atoms with Crippen molar-refractivity contribution in [3.63, 3.8) is 0 Å². The van der Waals surface area contributed by atoms with Gasteiger partial charge in [-0.05, 0) is 89.7 Å². The standard InChI is InChI=1S/C60H46N2O2.CO.Ru/c63-59-45(35-43-23-9-13-27-49(43)57(59)55-47-25-11-7-21-41(47)31-33-51(55)39-17-3-1-4-18-39)37-61-53-29-15-16-30-54(53)62-38-46-36-44-24-10-14-28-50(44)58(60(46)64)56-48-26-12-8-22-42(48)32-34-52(56)40-19-5-2-6-20-40;1-2;/h1-14,17-28,31-38,53-54,61-62H,15-16,29-30H2;;/b45-37-,46-38-;;/t53-,54-;;/m0../s1. The molecule has 3 aliphatic rings. The summed E-state index contributed by atoms with van der Waals surface area (Å²) in [5, 5.41) is 15.7. The van der Waals surface area contributed by atoms with Gasteiger partial charge in [0, 0.05) is 77.4 Å². The summed E-state index contributed by atoms with van der Waals surface area (Å²) < 4.78 is 7.50. The largest absolute Gasteiger partial charge is 0 e. The van der Waals surface area contributed by atoms with E-state index in [2.05, 4.69) is 126 Å². The second kappa shape index (κ2) is 20.0. The SMILES string of the molecule is O=C1C(c2c(-c3ccccc3)ccc3ccccc23)=c2ccccc2=C/C1=C/N[C@H]1CCCC[C@@H]1N/C=C1/C=c2ccccc2=C(c2c(-c3ccccc3)ccc3ccccc23)C1=O.[C-]#[O+].[Ru]. The Morgan fingerprint density at radius 3 is 1.25 bits per heavy atom. The van der Waals surface area contributed by atoms with Gasteiger partial charge in [-0.25, -0.2) is 0 Å². The number of nitrogens with one attached hydrogen (secondary N) is 2. The monoisotopic (exact) mass is 956 g/mol. The van der Waals surface area contributed by atoms with Crippen LogP contribution in [0.15, 0.2) is 206 Å². The first-order chi connectivity index (χ1) is 32.6. The fourth-order valence-corrected chi connectivity index (χ4v) is 10.1. The zero-order valence-electron chi connectivity index (χ0n) is 36.7. The van der Waals surface area contributed by atoms with Gasteiger partial charge in [-0.2, -0.15) is 0 Å². The Hall–Kier alpha value is -7.46. The topological polar surface area (TPSA) is 78.1 Å². The molecule has 0 radical (unpaired) electrons. The van der Waals surface area contributed by atoms with E-state index in [1.165, 1.54) is 0 Å². The molecule has 2 N–H and O–H groups in total. The number of carbonyl (C=O) groups excluding carboxylic acids is 2. The first-order valence-electron chi connectivity index (χ1n) is 22.6. The van der Waals surface area contributed by atoms with Crippen LogP contribution in [0.2, 0.25) is 0 Å². The number of rotatable bonds is 8. The van der Waals surface area contributed by atoms with Crippen molar-refractivity contribution in [3.8, 4) is 22.3 Å². The van der Waals surface area contributed by atoms with Crippen LogP contribution in [0.3, 0.4) is 0 Å². The van der Waals surface area contributed by atoms with Gasteiger partial charge in [0.2, 0.25) is 0 Å². The summed E-state index contributed by atoms with van der Waals surface area (Å²) in [7, 11) is 0. The van der Waals surface area contributed by atoms with E-state index in [0.717, 1.165) is 101 Å². The summed E-state index contributed by atoms with van der Waals surface area (Å²) in [6.45, 7) is 4.50. The number of carbonyl (C=O) groups is 2. The molecule has 326 valence electrons. The Balaban J connectivity index is 0.00000185. The van der Waals surface area contributed by atoms with E-state index in [1.54, 1.807) is 0 Å². The van der Waals surface area contributed by atoms with E-state index in [0.29, 0.717) is 22.3 Å². The number of ketones is 2. The van der Waals surface area contributed by atoms with E-state index in [-0.39, 0.29) is 43.1 Å². The molecule has 0 bridgehead atoms. The maximum atomic E-state index is 15.0. The first kappa shape index (κ1) is 44.7. The minimum atomic E-state index is -0.00499. The van der Waals surface area contributed by atoms with Crippen molar-refractivity contribution in [1.29, 1.82) is 0 Å². The van der Waals surface area contributed by atoms with Crippen molar-refractivity contribution in [2.45, 2.75) is 37.8 Å². The Morgan fingerprint density at radius 1 is 0.448 bits per heavy atom. The average molecular weight is 956 g/mol. The molecule has 11 rings (SSSR count). The molecular formula is C61H46N2O3Ru. The summed E-state index contributed by atoms with van der Waals surface area (Å²) in [5.74, 6) is -0.00998. The molecule has 8 aromatic rings. The molecule has 0 heterocycles. The zero-order chi connectivity index (χ0) is 45.0. The second-order valence-corrected chi connectivity index (χ2v) is 17.1. The Kier molecular flexibility index (Phi) is 13.3. The summed E-state index contributed by atoms with van der Waals surface area (Å²) in [6, 6.07) is 62.6. The Bertz CT molecular complexity index is 3320. The third-order valence-electron chi connectivity index (χ3n) is 13.3. The molecule has 1 fully saturated rings. The van der Waals surface area contributed by atoms with Crippen LogP contribution < -0.4 is 31.5 Å². The molecule has 3 aliphatic carbocycles. The minimum Gasteiger partial charge on any atom is 0 e. The molecule has 0 aliphatic heterocycles. The predicted molar refractivity (Wildman–Crippen MR) is 267 cm³/mol. The molecule has 0 spiro atoms. The minimum absolute atomic E-state index is 0. The summed E-state index contributed by atoms with van der Waals surface area (Å²) in [5.41, 5.74) is 8.79. The van der Waals surface area contributed by atoms with Gasteiger partial charge in [0.15, 0.2) is 11.6 Å². The number of fused-ring (bicyclic) bond motifs is 4. The van der Waals surface area contributed by atoms with Gasteiger partial charge >= 0.3 is 11.3 Å². The van der Waals surface area contributed by atoms with Crippen LogP contribution in [0.1, 0.15) is 36.8 Å². The normalized spacial score (nSPS) is 17.6. The van der Waals surface area contributed by atoms with Crippen molar-refractivity contribution in [1.82, 2.24) is 10.6 Å². The Morgan fingerprint density at radius 2 is 0.821 bits per heavy atom. The average Bonchev–Trinajstić information content (AvgIpc) is 3.38. The van der Waals surface area contributed by atoms with Crippen molar-refractivity contribution in [3.05, 3.63) is 244 Å². The fraction of sp³-hybridized carbons (Fsp3) is 0.0984. The van der Waals surface area contributed by atoms with Crippen LogP contribution >= 0.6 is 0 Å². The molecule has 2 atom stereocenters. The van der Waals surface area contributed by atoms with Crippen LogP contribution in [0.5, 0.6) is 0 Å². The molecule has 67 heavy (non-hydrogen) atoms. The molecule has 0 saturated heterocycles. The summed E-state index contributed by atoms with van der Waals surface area (Å²) in [6.07, 6.45) is 11.9. The molecule has 5 nitrogen and oxygen atoms in total. The number of Topliss-reactive ketones (excluding diaryl/α,β-unsaturated/α-hetero) is 2. The molecule has 6 heteroatoms. The van der Waals surface area contributed by atoms with Gasteiger partial charge < -0.3 is 10.6 Å². The van der Waals surface area contributed by atoms with E-state index in [4.69, 9.17) is 4.65 Å². The first-order valence-corrected chi connectivity index (χ1v) is 22.6. The third-order valence-corrected chi connectivity index (χ3v) is 13.3. The van der Waals surface area contributed by atoms with Gasteiger partial charge in [0.05, 0.1) is 0 Å². The van der Waals surface area contributed by atoms with Gasteiger partial charge in [-0.15, -0.1) is 0 Å². The fourth-order valence-electron chi connectivity index (χ4n) is 10.1. The van der Waals surface area contributed by atoms with Crippen LogP contribution in [0.25, 0.3) is 67.1 Å². The number of benzene rings is 8. The van der Waals surface area contributed by atoms with E-state index < -0.39 is 0 Å². The molecular weight excluding hydrogens is 910 g/mol. The number of hydrogen-bond donors (Lipinski definition) is 2. The van der Waals surface area contributed by atoms with Crippen molar-refractivity contribution < 1.29 is 33.7 Å². The van der Waals surface area contributed by atoms with E-state index >= 15 is 9.59 Å². The maximum absolute atomic E-state index is 15.0. The predicted octanol–water partition coefficient (Wildman–Crippen LogP) is 9.37. The van der Waals surface area contributed by atoms with E-state index in [1.807, 2.05) is 97.3 Å².